The predicted molar refractivity (Wildman–Crippen MR) is 46.4 cm³/mol. The van der Waals surface area contributed by atoms with E-state index in [0.717, 1.165) is 0 Å². The van der Waals surface area contributed by atoms with Crippen LogP contribution in [-0.2, 0) is 0 Å². The van der Waals surface area contributed by atoms with Crippen molar-refractivity contribution in [2.45, 2.75) is 0 Å². The molecule has 72 valence electrons. The second kappa shape index (κ2) is 3.18. The number of aromatic hydroxyl groups is 2. The van der Waals surface area contributed by atoms with Gasteiger partial charge in [-0.05, 0) is 0 Å². The average molecular weight is 213 g/mol. The molecule has 2 heterocycles. The highest BCUT2D eigenvalue weighted by Gasteiger charge is 2.14. The van der Waals surface area contributed by atoms with Crippen LogP contribution in [0.15, 0.2) is 11.6 Å². The van der Waals surface area contributed by atoms with Crippen LogP contribution in [-0.4, -0.2) is 25.2 Å². The van der Waals surface area contributed by atoms with Gasteiger partial charge >= 0.3 is 0 Å². The van der Waals surface area contributed by atoms with Gasteiger partial charge in [0.25, 0.3) is 11.8 Å². The largest absolute Gasteiger partial charge is 0.491 e. The predicted octanol–water partition coefficient (Wildman–Crippen LogP) is 1.15. The molecule has 2 aromatic rings. The van der Waals surface area contributed by atoms with Crippen molar-refractivity contribution in [2.24, 2.45) is 0 Å². The maximum absolute atomic E-state index is 12.7. The van der Waals surface area contributed by atoms with E-state index < -0.39 is 17.6 Å². The number of rotatable bonds is 1. The topological polar surface area (TPSA) is 79.1 Å². The van der Waals surface area contributed by atoms with E-state index in [-0.39, 0.29) is 5.82 Å². The lowest BCUT2D eigenvalue weighted by atomic mass is 10.5. The molecule has 0 aliphatic carbocycles. The van der Waals surface area contributed by atoms with Gasteiger partial charge < -0.3 is 10.2 Å². The smallest absolute Gasteiger partial charge is 0.255 e. The molecule has 0 atom stereocenters. The number of halogens is 1. The lowest BCUT2D eigenvalue weighted by Gasteiger charge is -1.99. The first-order chi connectivity index (χ1) is 6.68. The lowest BCUT2D eigenvalue weighted by Crippen LogP contribution is -1.92. The van der Waals surface area contributed by atoms with Crippen molar-refractivity contribution in [1.29, 1.82) is 0 Å². The molecule has 7 heteroatoms. The van der Waals surface area contributed by atoms with Crippen LogP contribution in [0.2, 0.25) is 0 Å². The second-order valence-electron chi connectivity index (χ2n) is 2.35. The Morgan fingerprint density at radius 2 is 1.86 bits per heavy atom. The summed E-state index contributed by atoms with van der Waals surface area (Å²) in [5, 5.41) is 20.0. The van der Waals surface area contributed by atoms with Crippen molar-refractivity contribution in [1.82, 2.24) is 15.0 Å². The Hall–Kier alpha value is -1.76. The number of hydrogen-bond acceptors (Lipinski definition) is 6. The summed E-state index contributed by atoms with van der Waals surface area (Å²) >= 11 is 1.22. The highest BCUT2D eigenvalue weighted by molar-refractivity contribution is 7.12. The third-order valence-corrected chi connectivity index (χ3v) is 2.21. The Morgan fingerprint density at radius 3 is 2.36 bits per heavy atom. The van der Waals surface area contributed by atoms with Crippen LogP contribution >= 0.6 is 11.3 Å². The summed E-state index contributed by atoms with van der Waals surface area (Å²) in [5.74, 6) is -3.01. The quantitative estimate of drug-likeness (QED) is 0.742. The summed E-state index contributed by atoms with van der Waals surface area (Å²) in [6.45, 7) is 0. The van der Waals surface area contributed by atoms with Crippen molar-refractivity contribution in [3.8, 4) is 22.6 Å². The maximum Gasteiger partial charge on any atom is 0.255 e. The van der Waals surface area contributed by atoms with Gasteiger partial charge in [0.2, 0.25) is 5.82 Å². The Kier molecular flexibility index (Phi) is 2.01. The fourth-order valence-electron chi connectivity index (χ4n) is 0.853. The normalized spacial score (nSPS) is 10.4. The highest BCUT2D eigenvalue weighted by Crippen LogP contribution is 2.26. The molecule has 0 saturated carbocycles. The van der Waals surface area contributed by atoms with E-state index in [9.17, 15) is 4.39 Å². The molecule has 0 bridgehead atoms. The molecule has 0 radical (unpaired) electrons. The molecular formula is C7H4FN3O2S. The third kappa shape index (κ3) is 1.37. The molecule has 0 fully saturated rings. The van der Waals surface area contributed by atoms with E-state index in [2.05, 4.69) is 15.0 Å². The molecule has 0 aromatic carbocycles. The molecule has 0 aliphatic rings. The number of nitrogens with zero attached hydrogens (tertiary/aromatic N) is 3. The monoisotopic (exact) mass is 213 g/mol. The maximum atomic E-state index is 12.7. The van der Waals surface area contributed by atoms with E-state index in [0.29, 0.717) is 5.01 Å². The number of aromatic nitrogens is 3. The van der Waals surface area contributed by atoms with E-state index in [1.807, 2.05) is 0 Å². The molecule has 0 amide bonds. The van der Waals surface area contributed by atoms with Crippen LogP contribution < -0.4 is 0 Å². The molecule has 2 aromatic heterocycles. The van der Waals surface area contributed by atoms with Crippen LogP contribution in [0.5, 0.6) is 11.8 Å². The first-order valence-electron chi connectivity index (χ1n) is 3.54. The lowest BCUT2D eigenvalue weighted by molar-refractivity contribution is 0.363. The van der Waals surface area contributed by atoms with Gasteiger partial charge in [-0.1, -0.05) is 0 Å². The van der Waals surface area contributed by atoms with E-state index in [1.165, 1.54) is 17.5 Å². The van der Waals surface area contributed by atoms with Crippen molar-refractivity contribution >= 4 is 11.3 Å². The van der Waals surface area contributed by atoms with Gasteiger partial charge in [-0.3, -0.25) is 0 Å². The summed E-state index contributed by atoms with van der Waals surface area (Å²) in [5.41, 5.74) is 0. The van der Waals surface area contributed by atoms with E-state index in [4.69, 9.17) is 10.2 Å². The summed E-state index contributed by atoms with van der Waals surface area (Å²) in [6.07, 6.45) is 1.51. The van der Waals surface area contributed by atoms with E-state index in [1.54, 1.807) is 5.38 Å². The van der Waals surface area contributed by atoms with Gasteiger partial charge in [-0.25, -0.2) is 4.98 Å². The van der Waals surface area contributed by atoms with Gasteiger partial charge in [0.15, 0.2) is 10.8 Å². The van der Waals surface area contributed by atoms with Crippen LogP contribution in [0, 0.1) is 5.82 Å². The molecule has 0 saturated heterocycles. The van der Waals surface area contributed by atoms with Gasteiger partial charge in [0, 0.05) is 11.6 Å². The summed E-state index contributed by atoms with van der Waals surface area (Å²) < 4.78 is 12.7. The minimum absolute atomic E-state index is 0.00333. The molecule has 0 unspecified atom stereocenters. The summed E-state index contributed by atoms with van der Waals surface area (Å²) in [4.78, 5) is 10.7. The zero-order chi connectivity index (χ0) is 10.1. The fourth-order valence-corrected chi connectivity index (χ4v) is 1.42. The zero-order valence-electron chi connectivity index (χ0n) is 6.68. The Balaban J connectivity index is 2.57. The minimum Gasteiger partial charge on any atom is -0.491 e. The number of hydrogen-bond donors (Lipinski definition) is 2. The minimum atomic E-state index is -1.23. The van der Waals surface area contributed by atoms with Crippen molar-refractivity contribution < 1.29 is 14.6 Å². The Morgan fingerprint density at radius 1 is 1.21 bits per heavy atom. The first-order valence-corrected chi connectivity index (χ1v) is 4.42. The van der Waals surface area contributed by atoms with Crippen molar-refractivity contribution in [3.63, 3.8) is 0 Å². The number of thiazole rings is 1. The van der Waals surface area contributed by atoms with Crippen molar-refractivity contribution in [2.75, 3.05) is 0 Å². The second-order valence-corrected chi connectivity index (χ2v) is 3.24. The van der Waals surface area contributed by atoms with Crippen LogP contribution in [0.1, 0.15) is 0 Å². The third-order valence-electron chi connectivity index (χ3n) is 1.44. The standard InChI is InChI=1S/C7H4FN3O2S/c8-3-5(12)10-4(11-6(3)13)7-9-1-2-14-7/h1-2H,(H2,10,11,12,13). The molecule has 0 aliphatic heterocycles. The molecule has 5 nitrogen and oxygen atoms in total. The van der Waals surface area contributed by atoms with Gasteiger partial charge in [-0.15, -0.1) is 11.3 Å². The van der Waals surface area contributed by atoms with E-state index >= 15 is 0 Å². The summed E-state index contributed by atoms with van der Waals surface area (Å²) in [7, 11) is 0. The summed E-state index contributed by atoms with van der Waals surface area (Å²) in [6, 6.07) is 0. The van der Waals surface area contributed by atoms with Crippen LogP contribution in [0.25, 0.3) is 10.8 Å². The Bertz CT molecular complexity index is 437. The van der Waals surface area contributed by atoms with Crippen LogP contribution in [0.4, 0.5) is 4.39 Å². The van der Waals surface area contributed by atoms with Gasteiger partial charge in [0.05, 0.1) is 0 Å². The first kappa shape index (κ1) is 8.82. The molecule has 2 rings (SSSR count). The molecule has 2 N–H and O–H groups in total. The molecule has 0 spiro atoms. The highest BCUT2D eigenvalue weighted by atomic mass is 32.1. The zero-order valence-corrected chi connectivity index (χ0v) is 7.49. The molecule has 14 heavy (non-hydrogen) atoms. The fraction of sp³-hybridized carbons (Fsp3) is 0. The SMILES string of the molecule is Oc1nc(-c2nccs2)nc(O)c1F. The van der Waals surface area contributed by atoms with Crippen molar-refractivity contribution in [3.05, 3.63) is 17.4 Å². The molecular weight excluding hydrogens is 209 g/mol. The van der Waals surface area contributed by atoms with Gasteiger partial charge in [-0.2, -0.15) is 14.4 Å². The average Bonchev–Trinajstić information content (AvgIpc) is 2.66. The van der Waals surface area contributed by atoms with Crippen LogP contribution in [0.3, 0.4) is 0 Å². The Labute approximate surface area is 81.5 Å². The van der Waals surface area contributed by atoms with Gasteiger partial charge in [0.1, 0.15) is 0 Å².